The van der Waals surface area contributed by atoms with Gasteiger partial charge in [0, 0.05) is 12.6 Å². The first-order chi connectivity index (χ1) is 9.59. The zero-order chi connectivity index (χ0) is 14.5. The SMILES string of the molecule is CC(NCC(O)c1c(F)cccc1F)C1CCCCC1. The van der Waals surface area contributed by atoms with Crippen molar-refractivity contribution in [2.24, 2.45) is 5.92 Å². The second kappa shape index (κ2) is 7.14. The Labute approximate surface area is 119 Å². The lowest BCUT2D eigenvalue weighted by molar-refractivity contribution is 0.152. The van der Waals surface area contributed by atoms with E-state index in [-0.39, 0.29) is 18.2 Å². The van der Waals surface area contributed by atoms with Crippen LogP contribution in [0.15, 0.2) is 18.2 Å². The highest BCUT2D eigenvalue weighted by molar-refractivity contribution is 5.22. The predicted molar refractivity (Wildman–Crippen MR) is 75.4 cm³/mol. The number of benzene rings is 1. The van der Waals surface area contributed by atoms with Crippen molar-refractivity contribution in [2.45, 2.75) is 51.2 Å². The van der Waals surface area contributed by atoms with Crippen LogP contribution in [0.5, 0.6) is 0 Å². The molecular weight excluding hydrogens is 260 g/mol. The maximum absolute atomic E-state index is 13.6. The van der Waals surface area contributed by atoms with Gasteiger partial charge in [-0.25, -0.2) is 8.78 Å². The molecule has 0 amide bonds. The minimum absolute atomic E-state index is 0.176. The molecule has 0 spiro atoms. The second-order valence-electron chi connectivity index (χ2n) is 5.75. The van der Waals surface area contributed by atoms with E-state index in [0.717, 1.165) is 0 Å². The number of aliphatic hydroxyl groups is 1. The molecule has 0 bridgehead atoms. The van der Waals surface area contributed by atoms with Gasteiger partial charge in [-0.1, -0.05) is 25.3 Å². The third kappa shape index (κ3) is 3.76. The summed E-state index contributed by atoms with van der Waals surface area (Å²) in [6.45, 7) is 2.26. The Morgan fingerprint density at radius 3 is 2.40 bits per heavy atom. The largest absolute Gasteiger partial charge is 0.387 e. The van der Waals surface area contributed by atoms with E-state index in [1.54, 1.807) is 0 Å². The lowest BCUT2D eigenvalue weighted by Gasteiger charge is -2.29. The molecule has 0 aliphatic heterocycles. The van der Waals surface area contributed by atoms with Crippen molar-refractivity contribution in [1.82, 2.24) is 5.32 Å². The van der Waals surface area contributed by atoms with Gasteiger partial charge in [0.05, 0.1) is 11.7 Å². The van der Waals surface area contributed by atoms with Crippen LogP contribution in [-0.4, -0.2) is 17.7 Å². The topological polar surface area (TPSA) is 32.3 Å². The van der Waals surface area contributed by atoms with E-state index in [0.29, 0.717) is 5.92 Å². The number of hydrogen-bond acceptors (Lipinski definition) is 2. The first-order valence-corrected chi connectivity index (χ1v) is 7.45. The Bertz CT molecular complexity index is 412. The highest BCUT2D eigenvalue weighted by Crippen LogP contribution is 2.27. The van der Waals surface area contributed by atoms with Gasteiger partial charge in [0.25, 0.3) is 0 Å². The van der Waals surface area contributed by atoms with E-state index in [9.17, 15) is 13.9 Å². The third-order valence-electron chi connectivity index (χ3n) is 4.32. The van der Waals surface area contributed by atoms with E-state index in [1.165, 1.54) is 50.3 Å². The van der Waals surface area contributed by atoms with E-state index >= 15 is 0 Å². The summed E-state index contributed by atoms with van der Waals surface area (Å²) in [4.78, 5) is 0. The molecule has 0 heterocycles. The molecule has 2 atom stereocenters. The van der Waals surface area contributed by atoms with Gasteiger partial charge < -0.3 is 10.4 Å². The molecule has 4 heteroatoms. The number of hydrogen-bond donors (Lipinski definition) is 2. The molecule has 2 unspecified atom stereocenters. The molecule has 1 aromatic carbocycles. The molecule has 2 N–H and O–H groups in total. The van der Waals surface area contributed by atoms with E-state index in [2.05, 4.69) is 12.2 Å². The minimum Gasteiger partial charge on any atom is -0.387 e. The molecule has 1 aromatic rings. The highest BCUT2D eigenvalue weighted by Gasteiger charge is 2.22. The average Bonchev–Trinajstić information content (AvgIpc) is 2.45. The van der Waals surface area contributed by atoms with Crippen molar-refractivity contribution < 1.29 is 13.9 Å². The number of nitrogens with one attached hydrogen (secondary N) is 1. The Morgan fingerprint density at radius 2 is 1.80 bits per heavy atom. The average molecular weight is 283 g/mol. The summed E-state index contributed by atoms with van der Waals surface area (Å²) < 4.78 is 27.1. The van der Waals surface area contributed by atoms with E-state index in [1.807, 2.05) is 0 Å². The molecule has 2 nitrogen and oxygen atoms in total. The predicted octanol–water partition coefficient (Wildman–Crippen LogP) is 3.56. The van der Waals surface area contributed by atoms with Crippen LogP contribution >= 0.6 is 0 Å². The van der Waals surface area contributed by atoms with Crippen molar-refractivity contribution in [3.8, 4) is 0 Å². The molecule has 2 rings (SSSR count). The number of rotatable bonds is 5. The summed E-state index contributed by atoms with van der Waals surface area (Å²) in [5.41, 5.74) is -0.240. The molecule has 0 saturated heterocycles. The summed E-state index contributed by atoms with van der Waals surface area (Å²) in [6.07, 6.45) is 5.04. The van der Waals surface area contributed by atoms with Crippen molar-refractivity contribution >= 4 is 0 Å². The van der Waals surface area contributed by atoms with Gasteiger partial charge in [-0.3, -0.25) is 0 Å². The molecule has 1 saturated carbocycles. The summed E-state index contributed by atoms with van der Waals surface area (Å²) >= 11 is 0. The van der Waals surface area contributed by atoms with Crippen LogP contribution in [0.25, 0.3) is 0 Å². The van der Waals surface area contributed by atoms with Crippen molar-refractivity contribution in [1.29, 1.82) is 0 Å². The molecule has 1 fully saturated rings. The van der Waals surface area contributed by atoms with Gasteiger partial charge in [-0.2, -0.15) is 0 Å². The minimum atomic E-state index is -1.15. The molecule has 0 radical (unpaired) electrons. The summed E-state index contributed by atoms with van der Waals surface area (Å²) in [7, 11) is 0. The van der Waals surface area contributed by atoms with Crippen molar-refractivity contribution in [3.63, 3.8) is 0 Å². The van der Waals surface area contributed by atoms with Gasteiger partial charge in [0.15, 0.2) is 0 Å². The lowest BCUT2D eigenvalue weighted by atomic mass is 9.84. The standard InChI is InChI=1S/C16H23F2NO/c1-11(12-6-3-2-4-7-12)19-10-15(20)16-13(17)8-5-9-14(16)18/h5,8-9,11-12,15,19-20H,2-4,6-7,10H2,1H3. The van der Waals surface area contributed by atoms with Gasteiger partial charge in [-0.05, 0) is 37.8 Å². The zero-order valence-corrected chi connectivity index (χ0v) is 11.9. The monoisotopic (exact) mass is 283 g/mol. The molecular formula is C16H23F2NO. The second-order valence-corrected chi connectivity index (χ2v) is 5.75. The summed E-state index contributed by atoms with van der Waals surface area (Å²) in [5.74, 6) is -0.782. The van der Waals surface area contributed by atoms with E-state index in [4.69, 9.17) is 0 Å². The van der Waals surface area contributed by atoms with Crippen LogP contribution in [0.4, 0.5) is 8.78 Å². The fraction of sp³-hybridized carbons (Fsp3) is 0.625. The van der Waals surface area contributed by atoms with Gasteiger partial charge in [-0.15, -0.1) is 0 Å². The first kappa shape index (κ1) is 15.4. The molecule has 20 heavy (non-hydrogen) atoms. The van der Waals surface area contributed by atoms with Crippen LogP contribution in [0.1, 0.15) is 50.7 Å². The molecule has 112 valence electrons. The molecule has 0 aromatic heterocycles. The van der Waals surface area contributed by atoms with Gasteiger partial charge in [0.1, 0.15) is 11.6 Å². The maximum atomic E-state index is 13.6. The van der Waals surface area contributed by atoms with Gasteiger partial charge >= 0.3 is 0 Å². The Kier molecular flexibility index (Phi) is 5.49. The normalized spacial score (nSPS) is 19.8. The van der Waals surface area contributed by atoms with Crippen LogP contribution in [0, 0.1) is 17.6 Å². The fourth-order valence-electron chi connectivity index (χ4n) is 3.03. The summed E-state index contributed by atoms with van der Waals surface area (Å²) in [5, 5.41) is 13.2. The summed E-state index contributed by atoms with van der Waals surface area (Å²) in [6, 6.07) is 3.91. The molecule has 1 aliphatic carbocycles. The Hall–Kier alpha value is -1.00. The Balaban J connectivity index is 1.89. The number of aliphatic hydroxyl groups excluding tert-OH is 1. The van der Waals surface area contributed by atoms with Crippen molar-refractivity contribution in [3.05, 3.63) is 35.4 Å². The highest BCUT2D eigenvalue weighted by atomic mass is 19.1. The third-order valence-corrected chi connectivity index (χ3v) is 4.32. The van der Waals surface area contributed by atoms with Crippen molar-refractivity contribution in [2.75, 3.05) is 6.54 Å². The molecule has 1 aliphatic rings. The van der Waals surface area contributed by atoms with Gasteiger partial charge in [0.2, 0.25) is 0 Å². The zero-order valence-electron chi connectivity index (χ0n) is 11.9. The maximum Gasteiger partial charge on any atom is 0.131 e. The quantitative estimate of drug-likeness (QED) is 0.866. The Morgan fingerprint density at radius 1 is 1.20 bits per heavy atom. The van der Waals surface area contributed by atoms with E-state index < -0.39 is 17.7 Å². The van der Waals surface area contributed by atoms with Crippen LogP contribution in [-0.2, 0) is 0 Å². The smallest absolute Gasteiger partial charge is 0.131 e. The fourth-order valence-corrected chi connectivity index (χ4v) is 3.03. The lowest BCUT2D eigenvalue weighted by Crippen LogP contribution is -2.37. The first-order valence-electron chi connectivity index (χ1n) is 7.45. The number of halogens is 2. The van der Waals surface area contributed by atoms with Crippen LogP contribution in [0.3, 0.4) is 0 Å². The van der Waals surface area contributed by atoms with Crippen LogP contribution in [0.2, 0.25) is 0 Å². The van der Waals surface area contributed by atoms with Crippen LogP contribution < -0.4 is 5.32 Å².